The summed E-state index contributed by atoms with van der Waals surface area (Å²) >= 11 is 0. The first-order chi connectivity index (χ1) is 25.9. The first kappa shape index (κ1) is 50.3. The summed E-state index contributed by atoms with van der Waals surface area (Å²) in [5.74, 6) is -1.35. The Kier molecular flexibility index (Phi) is 29.3. The summed E-state index contributed by atoms with van der Waals surface area (Å²) in [5, 5.41) is 49.9. The molecule has 14 heteroatoms. The Morgan fingerprint density at radius 1 is 0.611 bits per heavy atom. The van der Waals surface area contributed by atoms with Crippen molar-refractivity contribution in [3.8, 4) is 0 Å². The molecule has 1 aliphatic carbocycles. The molecule has 6 N–H and O–H groups in total. The van der Waals surface area contributed by atoms with Gasteiger partial charge in [-0.25, -0.2) is 9.36 Å². The summed E-state index contributed by atoms with van der Waals surface area (Å²) in [7, 11) is -5.12. The molecule has 1 aliphatic rings. The molecular formula is C40H73O13P. The summed E-state index contributed by atoms with van der Waals surface area (Å²) in [5.41, 5.74) is 0. The SMILES string of the molecule is CCCCCCCCCCCCC/C=C/C=C/C(=O)OC[C@H](COP(=O)(O)OC1C(O)C(O)C(O)[C@@H](O)C1O)OC(=O)CCCCCCCCCCCC. The largest absolute Gasteiger partial charge is 0.472 e. The molecule has 0 amide bonds. The fourth-order valence-electron chi connectivity index (χ4n) is 6.26. The van der Waals surface area contributed by atoms with Gasteiger partial charge in [0.25, 0.3) is 0 Å². The van der Waals surface area contributed by atoms with Gasteiger partial charge in [-0.1, -0.05) is 154 Å². The lowest BCUT2D eigenvalue weighted by molar-refractivity contribution is -0.220. The maximum atomic E-state index is 12.7. The van der Waals surface area contributed by atoms with E-state index in [1.807, 2.05) is 6.08 Å². The number of phosphoric ester groups is 1. The Bertz CT molecular complexity index is 1050. The maximum absolute atomic E-state index is 12.7. The van der Waals surface area contributed by atoms with Crippen LogP contribution in [0.2, 0.25) is 0 Å². The van der Waals surface area contributed by atoms with Crippen LogP contribution in [0, 0.1) is 0 Å². The highest BCUT2D eigenvalue weighted by Gasteiger charge is 2.51. The average molecular weight is 793 g/mol. The smallest absolute Gasteiger partial charge is 0.458 e. The lowest BCUT2D eigenvalue weighted by atomic mass is 9.85. The third kappa shape index (κ3) is 24.1. The van der Waals surface area contributed by atoms with Gasteiger partial charge < -0.3 is 39.9 Å². The van der Waals surface area contributed by atoms with E-state index < -0.39 is 75.7 Å². The lowest BCUT2D eigenvalue weighted by Crippen LogP contribution is -2.64. The van der Waals surface area contributed by atoms with Crippen LogP contribution < -0.4 is 0 Å². The van der Waals surface area contributed by atoms with E-state index in [0.717, 1.165) is 44.9 Å². The number of hydrogen-bond acceptors (Lipinski definition) is 12. The number of allylic oxidation sites excluding steroid dienone is 3. The van der Waals surface area contributed by atoms with E-state index >= 15 is 0 Å². The van der Waals surface area contributed by atoms with Crippen LogP contribution in [-0.2, 0) is 32.7 Å². The van der Waals surface area contributed by atoms with Gasteiger partial charge in [-0.3, -0.25) is 13.8 Å². The molecule has 1 saturated carbocycles. The first-order valence-corrected chi connectivity index (χ1v) is 22.2. The predicted octanol–water partition coefficient (Wildman–Crippen LogP) is 6.89. The number of rotatable bonds is 33. The maximum Gasteiger partial charge on any atom is 0.472 e. The van der Waals surface area contributed by atoms with Crippen molar-refractivity contribution in [3.63, 3.8) is 0 Å². The topological polar surface area (TPSA) is 210 Å². The molecule has 0 aromatic carbocycles. The molecule has 8 atom stereocenters. The Labute approximate surface area is 324 Å². The summed E-state index contributed by atoms with van der Waals surface area (Å²) in [6, 6.07) is 0. The number of unbranched alkanes of at least 4 members (excludes halogenated alkanes) is 20. The van der Waals surface area contributed by atoms with E-state index in [0.29, 0.717) is 6.42 Å². The number of aliphatic hydroxyl groups is 5. The number of carbonyl (C=O) groups is 2. The van der Waals surface area contributed by atoms with Gasteiger partial charge in [-0.15, -0.1) is 0 Å². The van der Waals surface area contributed by atoms with Crippen molar-refractivity contribution in [2.75, 3.05) is 13.2 Å². The third-order valence-corrected chi connectivity index (χ3v) is 10.6. The molecule has 0 bridgehead atoms. The molecule has 1 rings (SSSR count). The van der Waals surface area contributed by atoms with Crippen molar-refractivity contribution >= 4 is 19.8 Å². The zero-order valence-electron chi connectivity index (χ0n) is 33.0. The van der Waals surface area contributed by atoms with E-state index in [-0.39, 0.29) is 6.42 Å². The minimum Gasteiger partial charge on any atom is -0.458 e. The van der Waals surface area contributed by atoms with Crippen LogP contribution >= 0.6 is 7.82 Å². The fraction of sp³-hybridized carbons (Fsp3) is 0.850. The molecule has 0 heterocycles. The highest BCUT2D eigenvalue weighted by Crippen LogP contribution is 2.47. The standard InChI is InChI=1S/C40H73O13P/c1-3-5-7-9-11-13-15-16-17-18-19-21-22-24-26-28-33(41)50-30-32(52-34(42)29-27-25-23-20-14-12-10-8-6-4-2)31-51-54(48,49)53-40-38(46)36(44)35(43)37(45)39(40)47/h22,24,26,28,32,35-40,43-47H,3-21,23,25,27,29-31H2,1-2H3,(H,48,49)/b24-22+,28-26+/t32-,35?,36-,37?,38?,39?,40?/m1/s1. The first-order valence-electron chi connectivity index (χ1n) is 20.7. The van der Waals surface area contributed by atoms with Crippen LogP contribution in [-0.4, -0.2) is 98.3 Å². The van der Waals surface area contributed by atoms with Crippen LogP contribution in [0.4, 0.5) is 0 Å². The summed E-state index contributed by atoms with van der Waals surface area (Å²) in [6.07, 6.45) is 18.9. The molecule has 6 unspecified atom stereocenters. The van der Waals surface area contributed by atoms with E-state index in [1.54, 1.807) is 12.2 Å². The Morgan fingerprint density at radius 2 is 1.06 bits per heavy atom. The van der Waals surface area contributed by atoms with Gasteiger partial charge in [0, 0.05) is 12.5 Å². The second-order valence-electron chi connectivity index (χ2n) is 14.6. The zero-order valence-corrected chi connectivity index (χ0v) is 33.9. The van der Waals surface area contributed by atoms with Gasteiger partial charge >= 0.3 is 19.8 Å². The minimum absolute atomic E-state index is 0.0800. The highest BCUT2D eigenvalue weighted by molar-refractivity contribution is 7.47. The van der Waals surface area contributed by atoms with Crippen molar-refractivity contribution in [2.24, 2.45) is 0 Å². The second-order valence-corrected chi connectivity index (χ2v) is 16.0. The summed E-state index contributed by atoms with van der Waals surface area (Å²) in [4.78, 5) is 35.3. The molecule has 0 aromatic heterocycles. The van der Waals surface area contributed by atoms with E-state index in [9.17, 15) is 44.6 Å². The molecule has 0 aromatic rings. The Balaban J connectivity index is 2.55. The molecule has 0 saturated heterocycles. The zero-order chi connectivity index (χ0) is 40.0. The van der Waals surface area contributed by atoms with E-state index in [1.165, 1.54) is 96.0 Å². The van der Waals surface area contributed by atoms with Crippen molar-refractivity contribution in [2.45, 2.75) is 204 Å². The molecule has 0 radical (unpaired) electrons. The van der Waals surface area contributed by atoms with Crippen molar-refractivity contribution in [1.29, 1.82) is 0 Å². The van der Waals surface area contributed by atoms with Crippen molar-refractivity contribution in [3.05, 3.63) is 24.3 Å². The molecule has 13 nitrogen and oxygen atoms in total. The van der Waals surface area contributed by atoms with Crippen LogP contribution in [0.5, 0.6) is 0 Å². The number of carbonyl (C=O) groups excluding carboxylic acids is 2. The normalized spacial score (nSPS) is 23.5. The van der Waals surface area contributed by atoms with Gasteiger partial charge in [-0.05, 0) is 19.3 Å². The summed E-state index contributed by atoms with van der Waals surface area (Å²) < 4.78 is 33.2. The highest BCUT2D eigenvalue weighted by atomic mass is 31.2. The average Bonchev–Trinajstić information content (AvgIpc) is 3.15. The number of ether oxygens (including phenoxy) is 2. The molecule has 1 fully saturated rings. The molecule has 0 aliphatic heterocycles. The van der Waals surface area contributed by atoms with E-state index in [4.69, 9.17) is 18.5 Å². The molecule has 54 heavy (non-hydrogen) atoms. The lowest BCUT2D eigenvalue weighted by Gasteiger charge is -2.41. The van der Waals surface area contributed by atoms with Crippen LogP contribution in [0.3, 0.4) is 0 Å². The number of hydrogen-bond donors (Lipinski definition) is 6. The molecule has 0 spiro atoms. The van der Waals surface area contributed by atoms with E-state index in [2.05, 4.69) is 13.8 Å². The fourth-order valence-corrected chi connectivity index (χ4v) is 7.23. The summed E-state index contributed by atoms with van der Waals surface area (Å²) in [6.45, 7) is 3.15. The van der Waals surface area contributed by atoms with Gasteiger partial charge in [0.2, 0.25) is 0 Å². The quantitative estimate of drug-likeness (QED) is 0.0132. The minimum atomic E-state index is -5.12. The second kappa shape index (κ2) is 31.4. The van der Waals surface area contributed by atoms with Gasteiger partial charge in [0.15, 0.2) is 6.10 Å². The third-order valence-electron chi connectivity index (χ3n) is 9.65. The van der Waals surface area contributed by atoms with Gasteiger partial charge in [-0.2, -0.15) is 0 Å². The van der Waals surface area contributed by atoms with Crippen molar-refractivity contribution in [1.82, 2.24) is 0 Å². The Morgan fingerprint density at radius 3 is 1.56 bits per heavy atom. The predicted molar refractivity (Wildman–Crippen MR) is 207 cm³/mol. The van der Waals surface area contributed by atoms with Crippen LogP contribution in [0.15, 0.2) is 24.3 Å². The number of phosphoric acid groups is 1. The Hall–Kier alpha value is -1.67. The van der Waals surface area contributed by atoms with Crippen LogP contribution in [0.25, 0.3) is 0 Å². The molecular weight excluding hydrogens is 719 g/mol. The number of esters is 2. The van der Waals surface area contributed by atoms with Crippen molar-refractivity contribution < 1.29 is 63.1 Å². The van der Waals surface area contributed by atoms with Crippen LogP contribution in [0.1, 0.15) is 162 Å². The molecule has 316 valence electrons. The monoisotopic (exact) mass is 792 g/mol. The number of aliphatic hydroxyl groups excluding tert-OH is 5. The van der Waals surface area contributed by atoms with Gasteiger partial charge in [0.1, 0.15) is 43.2 Å². The van der Waals surface area contributed by atoms with Gasteiger partial charge in [0.05, 0.1) is 6.61 Å².